The quantitative estimate of drug-likeness (QED) is 0.167. The number of hydrogen-bond donors (Lipinski definition) is 0. The van der Waals surface area contributed by atoms with E-state index in [1.54, 1.807) is 0 Å². The molecule has 0 aliphatic heterocycles. The Morgan fingerprint density at radius 1 is 0.591 bits per heavy atom. The van der Waals surface area contributed by atoms with Gasteiger partial charge in [-0.25, -0.2) is 0 Å². The van der Waals surface area contributed by atoms with Crippen molar-refractivity contribution in [3.05, 3.63) is 128 Å². The molecule has 2 aliphatic rings. The number of allylic oxidation sites excluding steroid dienone is 2. The standard InChI is InChI=1S/2C19H19.C2H7Si.2ClH.Zr/c2*1-4-15-9-10-16-11-13(2)12-18(16)19(15)17-8-6-5-7-14(17)3;1-3-2;;;/h2*5-12H,4H2,1-3H3;3H,1-2H3;2*1H;/q;;;;;+2/p-2. The van der Waals surface area contributed by atoms with Gasteiger partial charge in [0.05, 0.1) is 0 Å². The van der Waals surface area contributed by atoms with Crippen LogP contribution in [0.4, 0.5) is 0 Å². The van der Waals surface area contributed by atoms with E-state index in [4.69, 9.17) is 17.0 Å². The summed E-state index contributed by atoms with van der Waals surface area (Å²) in [7, 11) is 17.1. The van der Waals surface area contributed by atoms with E-state index in [1.165, 1.54) is 77.9 Å². The van der Waals surface area contributed by atoms with E-state index in [-0.39, 0.29) is 7.25 Å². The fraction of sp³-hybridized carbons (Fsp3) is 0.300. The molecule has 0 fully saturated rings. The Hall–Kier alpha value is -1.96. The van der Waals surface area contributed by atoms with Gasteiger partial charge in [0.25, 0.3) is 0 Å². The molecule has 44 heavy (non-hydrogen) atoms. The molecule has 2 unspecified atom stereocenters. The molecule has 0 saturated heterocycles. The van der Waals surface area contributed by atoms with Gasteiger partial charge in [0.1, 0.15) is 0 Å². The molecule has 0 N–H and O–H groups in total. The van der Waals surface area contributed by atoms with Gasteiger partial charge < -0.3 is 0 Å². The number of benzene rings is 4. The van der Waals surface area contributed by atoms with Crippen LogP contribution >= 0.6 is 17.0 Å². The van der Waals surface area contributed by atoms with Crippen LogP contribution in [0, 0.1) is 13.8 Å². The van der Waals surface area contributed by atoms with E-state index in [0.717, 1.165) is 12.8 Å². The molecule has 6 rings (SSSR count). The van der Waals surface area contributed by atoms with Crippen molar-refractivity contribution in [1.82, 2.24) is 0 Å². The van der Waals surface area contributed by atoms with Crippen molar-refractivity contribution in [3.8, 4) is 22.3 Å². The predicted molar refractivity (Wildman–Crippen MR) is 195 cm³/mol. The summed E-state index contributed by atoms with van der Waals surface area (Å²) < 4.78 is 0.198. The zero-order valence-electron chi connectivity index (χ0n) is 27.5. The molecule has 227 valence electrons. The molecule has 2 aliphatic carbocycles. The van der Waals surface area contributed by atoms with Crippen LogP contribution in [0.5, 0.6) is 0 Å². The second kappa shape index (κ2) is 11.7. The van der Waals surface area contributed by atoms with Gasteiger partial charge in [-0.1, -0.05) is 0 Å². The molecule has 0 bridgehead atoms. The minimum absolute atomic E-state index is 0.0992. The molecule has 2 atom stereocenters. The van der Waals surface area contributed by atoms with Crippen LogP contribution in [-0.4, -0.2) is 5.92 Å². The van der Waals surface area contributed by atoms with Crippen LogP contribution < -0.4 is 0 Å². The van der Waals surface area contributed by atoms with Gasteiger partial charge in [0, 0.05) is 0 Å². The van der Waals surface area contributed by atoms with Gasteiger partial charge in [0.15, 0.2) is 0 Å². The second-order valence-corrected chi connectivity index (χ2v) is 56.1. The Balaban J connectivity index is 1.61. The van der Waals surface area contributed by atoms with Gasteiger partial charge in [0.2, 0.25) is 0 Å². The second-order valence-electron chi connectivity index (χ2n) is 13.6. The van der Waals surface area contributed by atoms with Crippen LogP contribution in [-0.2, 0) is 28.4 Å². The van der Waals surface area contributed by atoms with E-state index >= 15 is 0 Å². The van der Waals surface area contributed by atoms with E-state index in [9.17, 15) is 0 Å². The summed E-state index contributed by atoms with van der Waals surface area (Å²) >= 11 is -4.75. The van der Waals surface area contributed by atoms with Crippen molar-refractivity contribution in [2.45, 2.75) is 74.7 Å². The monoisotopic (exact) mass is 713 g/mol. The van der Waals surface area contributed by atoms with Crippen LogP contribution in [0.3, 0.4) is 0 Å². The Labute approximate surface area is 274 Å². The Morgan fingerprint density at radius 3 is 1.32 bits per heavy atom. The van der Waals surface area contributed by atoms with Gasteiger partial charge >= 0.3 is 276 Å². The zero-order valence-corrected chi connectivity index (χ0v) is 32.6. The molecule has 0 nitrogen and oxygen atoms in total. The third kappa shape index (κ3) is 4.69. The third-order valence-electron chi connectivity index (χ3n) is 10.8. The summed E-state index contributed by atoms with van der Waals surface area (Å²) in [6.45, 7) is 18.5. The molecule has 4 aromatic carbocycles. The molecule has 4 aromatic rings. The van der Waals surface area contributed by atoms with Crippen molar-refractivity contribution in [3.63, 3.8) is 0 Å². The zero-order chi connectivity index (χ0) is 31.6. The first-order chi connectivity index (χ1) is 20.9. The molecule has 4 heteroatoms. The number of aryl methyl sites for hydroxylation is 4. The maximum absolute atomic E-state index is 8.55. The number of halogens is 2. The molecule has 0 heterocycles. The summed E-state index contributed by atoms with van der Waals surface area (Å²) in [5.41, 5.74) is 18.9. The average molecular weight is 716 g/mol. The molecule has 0 aromatic heterocycles. The van der Waals surface area contributed by atoms with E-state index < -0.39 is 21.5 Å². The van der Waals surface area contributed by atoms with Crippen LogP contribution in [0.15, 0.2) is 83.9 Å². The maximum atomic E-state index is 8.55. The van der Waals surface area contributed by atoms with Crippen LogP contribution in [0.1, 0.15) is 79.5 Å². The first kappa shape index (κ1) is 32.0. The summed E-state index contributed by atoms with van der Waals surface area (Å²) in [4.78, 5) is 0. The van der Waals surface area contributed by atoms with E-state index in [1.807, 2.05) is 0 Å². The van der Waals surface area contributed by atoms with E-state index in [0.29, 0.717) is 0 Å². The summed E-state index contributed by atoms with van der Waals surface area (Å²) in [5, 5.41) is 0. The van der Waals surface area contributed by atoms with Crippen molar-refractivity contribution < 1.29 is 15.6 Å². The predicted octanol–water partition coefficient (Wildman–Crippen LogP) is 12.4. The average Bonchev–Trinajstić information content (AvgIpc) is 3.53. The van der Waals surface area contributed by atoms with Gasteiger partial charge in [-0.2, -0.15) is 0 Å². The summed E-state index contributed by atoms with van der Waals surface area (Å²) in [6.07, 6.45) is 6.88. The SMILES string of the molecule is CCc1ccc2c(c1-c1ccccc1C)C=C(C)[CH]2[Zr]([Cl])([Cl])([CH]1C(C)=Cc2c1ccc(CC)c2-c1ccccc1C)[SiH](C)C. The van der Waals surface area contributed by atoms with Gasteiger partial charge in [-0.3, -0.25) is 0 Å². The fourth-order valence-electron chi connectivity index (χ4n) is 8.52. The number of fused-ring (bicyclic) bond motifs is 2. The summed E-state index contributed by atoms with van der Waals surface area (Å²) in [6, 6.07) is 27.1. The summed E-state index contributed by atoms with van der Waals surface area (Å²) in [5.74, 6) is -1.60. The Morgan fingerprint density at radius 2 is 0.977 bits per heavy atom. The van der Waals surface area contributed by atoms with Crippen LogP contribution in [0.25, 0.3) is 34.4 Å². The molecule has 0 amide bonds. The first-order valence-electron chi connectivity index (χ1n) is 16.3. The van der Waals surface area contributed by atoms with Gasteiger partial charge in [-0.05, 0) is 0 Å². The van der Waals surface area contributed by atoms with E-state index in [2.05, 4.69) is 140 Å². The normalized spacial score (nSPS) is 18.5. The molecule has 0 saturated carbocycles. The Kier molecular flexibility index (Phi) is 8.50. The van der Waals surface area contributed by atoms with Crippen molar-refractivity contribution in [1.29, 1.82) is 0 Å². The first-order valence-corrected chi connectivity index (χ1v) is 32.6. The van der Waals surface area contributed by atoms with Crippen molar-refractivity contribution in [2.75, 3.05) is 0 Å². The molecular formula is C40H45Cl2SiZr. The fourth-order valence-corrected chi connectivity index (χ4v) is 41.4. The number of rotatable bonds is 7. The molecule has 0 radical (unpaired) electrons. The van der Waals surface area contributed by atoms with Gasteiger partial charge in [-0.15, -0.1) is 0 Å². The van der Waals surface area contributed by atoms with Crippen molar-refractivity contribution >= 4 is 35.1 Å². The topological polar surface area (TPSA) is 0 Å². The third-order valence-corrected chi connectivity index (χ3v) is 63.1. The Bertz CT molecular complexity index is 1730. The van der Waals surface area contributed by atoms with Crippen LogP contribution in [0.2, 0.25) is 13.1 Å². The molecular weight excluding hydrogens is 671 g/mol. The minimum atomic E-state index is -4.75. The number of hydrogen-bond acceptors (Lipinski definition) is 0. The molecule has 0 spiro atoms. The van der Waals surface area contributed by atoms with Crippen molar-refractivity contribution in [2.24, 2.45) is 0 Å².